The third-order valence-electron chi connectivity index (χ3n) is 6.39. The molecule has 0 fully saturated rings. The number of phenols is 1. The van der Waals surface area contributed by atoms with E-state index in [9.17, 15) is 23.1 Å². The summed E-state index contributed by atoms with van der Waals surface area (Å²) in [5, 5.41) is 9.73. The lowest BCUT2D eigenvalue weighted by Crippen LogP contribution is -2.08. The number of aromatic nitrogens is 2. The number of pyridine rings is 2. The second-order valence-corrected chi connectivity index (χ2v) is 11.5. The van der Waals surface area contributed by atoms with Crippen LogP contribution in [0.4, 0.5) is 0 Å². The van der Waals surface area contributed by atoms with E-state index in [1.165, 1.54) is 14.2 Å². The molecule has 4 rings (SSSR count). The molecule has 0 aliphatic rings. The first-order chi connectivity index (χ1) is 20.7. The van der Waals surface area contributed by atoms with Crippen molar-refractivity contribution in [3.8, 4) is 23.0 Å². The van der Waals surface area contributed by atoms with E-state index in [4.69, 9.17) is 13.7 Å². The lowest BCUT2D eigenvalue weighted by molar-refractivity contribution is 0.373. The van der Waals surface area contributed by atoms with E-state index in [0.717, 1.165) is 40.2 Å². The zero-order valence-electron chi connectivity index (χ0n) is 25.7. The van der Waals surface area contributed by atoms with Gasteiger partial charge in [0.25, 0.3) is 0 Å². The second kappa shape index (κ2) is 14.4. The van der Waals surface area contributed by atoms with Crippen molar-refractivity contribution in [2.45, 2.75) is 27.7 Å². The van der Waals surface area contributed by atoms with E-state index in [2.05, 4.69) is 0 Å². The summed E-state index contributed by atoms with van der Waals surface area (Å²) in [5.74, 6) is 0.990. The monoisotopic (exact) mass is 620 g/mol. The van der Waals surface area contributed by atoms with Crippen LogP contribution in [-0.2, 0) is 10.1 Å². The first-order valence-electron chi connectivity index (χ1n) is 13.4. The highest BCUT2D eigenvalue weighted by Crippen LogP contribution is 2.30. The first-order valence-corrected chi connectivity index (χ1v) is 15.2. The zero-order valence-corrected chi connectivity index (χ0v) is 26.5. The highest BCUT2D eigenvalue weighted by Gasteiger charge is 2.11. The van der Waals surface area contributed by atoms with Gasteiger partial charge in [0.2, 0.25) is 0 Å². The summed E-state index contributed by atoms with van der Waals surface area (Å²) in [4.78, 5) is 22.8. The van der Waals surface area contributed by atoms with Crippen molar-refractivity contribution in [1.29, 1.82) is 0 Å². The SMILES string of the molecule is COc1ccc(/C=C/n2c(C)cc(=O)cc2C)cc1O.COc1ccc(/C=C/n2c(C)cc(=O)cc2C)cc1OS(C)(=O)=O. The molecule has 0 amide bonds. The molecule has 4 aromatic rings. The quantitative estimate of drug-likeness (QED) is 0.265. The van der Waals surface area contributed by atoms with Gasteiger partial charge in [0.15, 0.2) is 33.9 Å². The van der Waals surface area contributed by atoms with Crippen molar-refractivity contribution in [3.05, 3.63) is 115 Å². The molecule has 0 unspecified atom stereocenters. The van der Waals surface area contributed by atoms with Crippen LogP contribution >= 0.6 is 0 Å². The number of ether oxygens (including phenoxy) is 2. The van der Waals surface area contributed by atoms with Gasteiger partial charge in [0, 0.05) is 59.4 Å². The van der Waals surface area contributed by atoms with Crippen molar-refractivity contribution in [2.75, 3.05) is 20.5 Å². The fraction of sp³-hybridized carbons (Fsp3) is 0.212. The Morgan fingerprint density at radius 1 is 0.636 bits per heavy atom. The van der Waals surface area contributed by atoms with E-state index >= 15 is 0 Å². The van der Waals surface area contributed by atoms with Crippen molar-refractivity contribution in [3.63, 3.8) is 0 Å². The first kappa shape index (κ1) is 33.5. The normalized spacial score (nSPS) is 11.3. The predicted molar refractivity (Wildman–Crippen MR) is 174 cm³/mol. The van der Waals surface area contributed by atoms with E-state index in [1.54, 1.807) is 66.9 Å². The van der Waals surface area contributed by atoms with Gasteiger partial charge in [-0.15, -0.1) is 0 Å². The minimum absolute atomic E-state index is 0.00624. The second-order valence-electron chi connectivity index (χ2n) is 9.95. The predicted octanol–water partition coefficient (Wildman–Crippen LogP) is 5.25. The van der Waals surface area contributed by atoms with Crippen LogP contribution in [0.5, 0.6) is 23.0 Å². The Balaban J connectivity index is 0.000000244. The molecule has 1 N–H and O–H groups in total. The van der Waals surface area contributed by atoms with Crippen LogP contribution in [0.15, 0.2) is 70.3 Å². The lowest BCUT2D eigenvalue weighted by atomic mass is 10.2. The number of nitrogens with zero attached hydrogens (tertiary/aromatic N) is 2. The fourth-order valence-electron chi connectivity index (χ4n) is 4.37. The zero-order chi connectivity index (χ0) is 32.6. The van der Waals surface area contributed by atoms with Crippen LogP contribution in [0.1, 0.15) is 33.9 Å². The highest BCUT2D eigenvalue weighted by atomic mass is 32.2. The number of hydrogen-bond donors (Lipinski definition) is 1. The number of aromatic hydroxyl groups is 1. The third-order valence-corrected chi connectivity index (χ3v) is 6.87. The number of hydrogen-bond acceptors (Lipinski definition) is 8. The molecule has 2 aromatic heterocycles. The van der Waals surface area contributed by atoms with Crippen LogP contribution in [-0.4, -0.2) is 43.1 Å². The molecular formula is C33H36N2O8S. The fourth-order valence-corrected chi connectivity index (χ4v) is 4.83. The van der Waals surface area contributed by atoms with Crippen molar-refractivity contribution in [2.24, 2.45) is 0 Å². The summed E-state index contributed by atoms with van der Waals surface area (Å²) in [5.41, 5.74) is 4.88. The van der Waals surface area contributed by atoms with Crippen molar-refractivity contribution in [1.82, 2.24) is 9.13 Å². The summed E-state index contributed by atoms with van der Waals surface area (Å²) in [7, 11) is -0.707. The topological polar surface area (TPSA) is 126 Å². The summed E-state index contributed by atoms with van der Waals surface area (Å²) < 4.78 is 41.5. The largest absolute Gasteiger partial charge is 0.504 e. The van der Waals surface area contributed by atoms with Gasteiger partial charge in [-0.3, -0.25) is 9.59 Å². The summed E-state index contributed by atoms with van der Waals surface area (Å²) >= 11 is 0. The summed E-state index contributed by atoms with van der Waals surface area (Å²) in [6.45, 7) is 7.43. The Kier molecular flexibility index (Phi) is 11.0. The number of methoxy groups -OCH3 is 2. The Labute approximate surface area is 256 Å². The number of phenolic OH excluding ortho intramolecular Hbond substituents is 1. The molecule has 2 aromatic carbocycles. The minimum Gasteiger partial charge on any atom is -0.504 e. The van der Waals surface area contributed by atoms with Gasteiger partial charge in [-0.05, 0) is 75.2 Å². The van der Waals surface area contributed by atoms with Gasteiger partial charge in [0.1, 0.15) is 0 Å². The van der Waals surface area contributed by atoms with Crippen LogP contribution in [0, 0.1) is 27.7 Å². The van der Waals surface area contributed by atoms with E-state index in [-0.39, 0.29) is 22.4 Å². The average Bonchev–Trinajstić information content (AvgIpc) is 2.91. The minimum atomic E-state index is -3.66. The summed E-state index contributed by atoms with van der Waals surface area (Å²) in [6.07, 6.45) is 8.30. The van der Waals surface area contributed by atoms with E-state index in [0.29, 0.717) is 11.5 Å². The smallest absolute Gasteiger partial charge is 0.306 e. The van der Waals surface area contributed by atoms with Gasteiger partial charge in [0.05, 0.1) is 20.5 Å². The highest BCUT2D eigenvalue weighted by molar-refractivity contribution is 7.86. The van der Waals surface area contributed by atoms with Crippen molar-refractivity contribution < 1.29 is 27.2 Å². The molecule has 0 atom stereocenters. The molecule has 10 nitrogen and oxygen atoms in total. The molecule has 0 bridgehead atoms. The maximum Gasteiger partial charge on any atom is 0.306 e. The molecule has 2 heterocycles. The molecule has 0 aliphatic heterocycles. The Bertz CT molecular complexity index is 1880. The van der Waals surface area contributed by atoms with Gasteiger partial charge in [-0.2, -0.15) is 8.42 Å². The number of benzene rings is 2. The Morgan fingerprint density at radius 2 is 1.05 bits per heavy atom. The summed E-state index contributed by atoms with van der Waals surface area (Å²) in [6, 6.07) is 16.4. The molecular weight excluding hydrogens is 584 g/mol. The lowest BCUT2D eigenvalue weighted by Gasteiger charge is -2.10. The van der Waals surface area contributed by atoms with Gasteiger partial charge in [-0.25, -0.2) is 0 Å². The molecule has 232 valence electrons. The van der Waals surface area contributed by atoms with Gasteiger partial charge < -0.3 is 27.9 Å². The van der Waals surface area contributed by atoms with Crippen LogP contribution < -0.4 is 24.5 Å². The molecule has 44 heavy (non-hydrogen) atoms. The Hall–Kier alpha value is -5.03. The Morgan fingerprint density at radius 3 is 1.43 bits per heavy atom. The van der Waals surface area contributed by atoms with Crippen LogP contribution in [0.3, 0.4) is 0 Å². The van der Waals surface area contributed by atoms with E-state index in [1.807, 2.05) is 55.2 Å². The van der Waals surface area contributed by atoms with Crippen LogP contribution in [0.25, 0.3) is 24.6 Å². The van der Waals surface area contributed by atoms with Crippen LogP contribution in [0.2, 0.25) is 0 Å². The number of rotatable bonds is 8. The standard InChI is InChI=1S/C17H19NO5S.C16H17NO3/c1-12-9-15(19)10-13(2)18(12)8-7-14-5-6-16(22-3)17(11-14)23-24(4,20)21;1-11-8-14(18)9-12(2)17(11)7-6-13-4-5-16(20-3)15(19)10-13/h5-11H,1-4H3;4-10,19H,1-3H3/b8-7+;7-6+. The molecule has 11 heteroatoms. The number of aryl methyl sites for hydroxylation is 4. The van der Waals surface area contributed by atoms with Crippen molar-refractivity contribution >= 4 is 34.7 Å². The maximum atomic E-state index is 11.5. The molecule has 0 spiro atoms. The van der Waals surface area contributed by atoms with Gasteiger partial charge >= 0.3 is 10.1 Å². The third kappa shape index (κ3) is 9.23. The molecule has 0 aliphatic carbocycles. The average molecular weight is 621 g/mol. The van der Waals surface area contributed by atoms with Gasteiger partial charge in [-0.1, -0.05) is 12.1 Å². The molecule has 0 saturated carbocycles. The molecule has 0 radical (unpaired) electrons. The maximum absolute atomic E-state index is 11.5. The molecule has 0 saturated heterocycles. The van der Waals surface area contributed by atoms with E-state index < -0.39 is 10.1 Å².